The molecule has 3 rings (SSSR count). The van der Waals surface area contributed by atoms with Crippen LogP contribution in [0, 0.1) is 25.7 Å². The first kappa shape index (κ1) is 28.6. The molecule has 1 heterocycles. The van der Waals surface area contributed by atoms with Gasteiger partial charge in [-0.25, -0.2) is 8.42 Å². The van der Waals surface area contributed by atoms with E-state index in [-0.39, 0.29) is 30.6 Å². The summed E-state index contributed by atoms with van der Waals surface area (Å²) >= 11 is 1.78. The van der Waals surface area contributed by atoms with Crippen LogP contribution in [0.15, 0.2) is 17.0 Å². The molecule has 0 radical (unpaired) electrons. The van der Waals surface area contributed by atoms with Gasteiger partial charge in [0.05, 0.1) is 11.5 Å². The van der Waals surface area contributed by atoms with Crippen molar-refractivity contribution in [1.82, 2.24) is 14.1 Å². The van der Waals surface area contributed by atoms with Crippen molar-refractivity contribution in [2.24, 2.45) is 11.8 Å². The molecule has 1 aromatic rings. The summed E-state index contributed by atoms with van der Waals surface area (Å²) < 4.78 is 38.2. The zero-order chi connectivity index (χ0) is 25.6. The molecule has 0 N–H and O–H groups in total. The van der Waals surface area contributed by atoms with E-state index in [1.54, 1.807) is 53.9 Å². The maximum absolute atomic E-state index is 13.1. The van der Waals surface area contributed by atoms with E-state index in [0.717, 1.165) is 12.5 Å². The largest absolute Gasteiger partial charge is 0.428 e. The minimum atomic E-state index is -3.68. The summed E-state index contributed by atoms with van der Waals surface area (Å²) in [4.78, 5) is 17.2. The number of sulfonamides is 1. The van der Waals surface area contributed by atoms with Crippen LogP contribution in [0.1, 0.15) is 43.2 Å². The molecular weight excluding hydrogens is 581 g/mol. The van der Waals surface area contributed by atoms with Gasteiger partial charge in [-0.2, -0.15) is 4.31 Å². The van der Waals surface area contributed by atoms with Gasteiger partial charge in [0.15, 0.2) is 23.0 Å². The van der Waals surface area contributed by atoms with Crippen LogP contribution in [0.3, 0.4) is 0 Å². The quantitative estimate of drug-likeness (QED) is 0.262. The Kier molecular flexibility index (Phi) is 10.7. The van der Waals surface area contributed by atoms with Gasteiger partial charge in [0.2, 0.25) is 15.9 Å². The third-order valence-corrected chi connectivity index (χ3v) is 9.96. The molecule has 10 heteroatoms. The Hall–Kier alpha value is -0.950. The highest BCUT2D eigenvalue weighted by Crippen LogP contribution is 2.32. The standard InChI is InChI=1S/C25H40IN3O5S/c1-19-13-23(34-26)14-20(2)25(19)35(31,32)28(4)11-12-33-18-24(30)27(3)16-21-7-8-22(15-21)17-29-9-5-6-10-29/h13-14,21-22H,5-12,15-18H2,1-4H3/t21-,22+/m0/s1. The van der Waals surface area contributed by atoms with E-state index in [4.69, 9.17) is 7.80 Å². The van der Waals surface area contributed by atoms with Gasteiger partial charge in [0, 0.05) is 33.7 Å². The SMILES string of the molecule is Cc1cc(OI)cc(C)c1S(=O)(=O)N(C)CCOCC(=O)N(C)C[C@H]1CC[C@@H](CN2CCCC2)C1. The second kappa shape index (κ2) is 13.0. The van der Waals surface area contributed by atoms with Crippen LogP contribution in [-0.4, -0.2) is 88.5 Å². The molecule has 1 aliphatic heterocycles. The third kappa shape index (κ3) is 7.77. The number of carbonyl (C=O) groups is 1. The van der Waals surface area contributed by atoms with Crippen LogP contribution in [-0.2, 0) is 19.6 Å². The van der Waals surface area contributed by atoms with Crippen LogP contribution in [0.2, 0.25) is 0 Å². The second-order valence-electron chi connectivity index (χ2n) is 10.2. The van der Waals surface area contributed by atoms with Crippen LogP contribution >= 0.6 is 23.0 Å². The van der Waals surface area contributed by atoms with Crippen molar-refractivity contribution in [1.29, 1.82) is 0 Å². The topological polar surface area (TPSA) is 79.4 Å². The van der Waals surface area contributed by atoms with Crippen molar-refractivity contribution >= 4 is 38.9 Å². The molecule has 1 aromatic carbocycles. The van der Waals surface area contributed by atoms with Gasteiger partial charge in [0.1, 0.15) is 12.4 Å². The van der Waals surface area contributed by atoms with Crippen LogP contribution in [0.25, 0.3) is 0 Å². The number of halogens is 1. The highest BCUT2D eigenvalue weighted by atomic mass is 127. The molecule has 0 aromatic heterocycles. The van der Waals surface area contributed by atoms with Gasteiger partial charge < -0.3 is 17.6 Å². The third-order valence-electron chi connectivity index (χ3n) is 7.29. The average Bonchev–Trinajstić information content (AvgIpc) is 3.47. The molecule has 0 spiro atoms. The molecule has 2 aliphatic rings. The van der Waals surface area contributed by atoms with Crippen molar-refractivity contribution in [2.75, 3.05) is 60.0 Å². The normalized spacial score (nSPS) is 21.1. The van der Waals surface area contributed by atoms with Gasteiger partial charge in [-0.15, -0.1) is 0 Å². The fourth-order valence-electron chi connectivity index (χ4n) is 5.43. The number of likely N-dealkylation sites (tertiary alicyclic amines) is 1. The van der Waals surface area contributed by atoms with Gasteiger partial charge >= 0.3 is 0 Å². The molecule has 198 valence electrons. The monoisotopic (exact) mass is 621 g/mol. The summed E-state index contributed by atoms with van der Waals surface area (Å²) in [7, 11) is -0.303. The lowest BCUT2D eigenvalue weighted by atomic mass is 10.0. The van der Waals surface area contributed by atoms with E-state index in [1.807, 2.05) is 7.05 Å². The lowest BCUT2D eigenvalue weighted by molar-refractivity contribution is -0.135. The molecule has 2 atom stereocenters. The maximum Gasteiger partial charge on any atom is 0.248 e. The van der Waals surface area contributed by atoms with E-state index in [9.17, 15) is 13.2 Å². The number of amides is 1. The van der Waals surface area contributed by atoms with Gasteiger partial charge in [-0.1, -0.05) is 0 Å². The molecule has 0 unspecified atom stereocenters. The van der Waals surface area contributed by atoms with Gasteiger partial charge in [0.25, 0.3) is 0 Å². The molecule has 1 amide bonds. The number of benzene rings is 1. The zero-order valence-corrected chi connectivity index (χ0v) is 24.4. The molecule has 1 saturated heterocycles. The van der Waals surface area contributed by atoms with Gasteiger partial charge in [-0.05, 0) is 94.1 Å². The average molecular weight is 622 g/mol. The summed E-state index contributed by atoms with van der Waals surface area (Å²) in [5, 5.41) is 0. The fourth-order valence-corrected chi connectivity index (χ4v) is 7.24. The van der Waals surface area contributed by atoms with E-state index < -0.39 is 10.0 Å². The Morgan fingerprint density at radius 2 is 1.74 bits per heavy atom. The molecular formula is C25H40IN3O5S. The summed E-state index contributed by atoms with van der Waals surface area (Å²) in [5.41, 5.74) is 1.27. The highest BCUT2D eigenvalue weighted by Gasteiger charge is 2.29. The number of likely N-dealkylation sites (N-methyl/N-ethyl adjacent to an activating group) is 2. The number of hydrogen-bond donors (Lipinski definition) is 0. The lowest BCUT2D eigenvalue weighted by Gasteiger charge is -2.23. The summed E-state index contributed by atoms with van der Waals surface area (Å²) in [6.07, 6.45) is 6.29. The van der Waals surface area contributed by atoms with Crippen molar-refractivity contribution in [2.45, 2.75) is 50.8 Å². The molecule has 0 bridgehead atoms. The van der Waals surface area contributed by atoms with Crippen LogP contribution in [0.5, 0.6) is 5.75 Å². The number of carbonyl (C=O) groups excluding carboxylic acids is 1. The Labute approximate surface area is 225 Å². The van der Waals surface area contributed by atoms with Gasteiger partial charge in [-0.3, -0.25) is 4.79 Å². The van der Waals surface area contributed by atoms with Crippen molar-refractivity contribution in [3.63, 3.8) is 0 Å². The van der Waals surface area contributed by atoms with E-state index in [1.165, 1.54) is 63.1 Å². The number of nitrogens with zero attached hydrogens (tertiary/aromatic N) is 3. The van der Waals surface area contributed by atoms with E-state index in [2.05, 4.69) is 4.90 Å². The molecule has 1 saturated carbocycles. The summed E-state index contributed by atoms with van der Waals surface area (Å²) in [5.74, 6) is 1.88. The van der Waals surface area contributed by atoms with Crippen molar-refractivity contribution in [3.05, 3.63) is 23.3 Å². The Bertz CT molecular complexity index is 945. The summed E-state index contributed by atoms with van der Waals surface area (Å²) in [6.45, 7) is 8.28. The van der Waals surface area contributed by atoms with E-state index >= 15 is 0 Å². The lowest BCUT2D eigenvalue weighted by Crippen LogP contribution is -2.35. The number of hydrogen-bond acceptors (Lipinski definition) is 6. The smallest absolute Gasteiger partial charge is 0.248 e. The minimum Gasteiger partial charge on any atom is -0.428 e. The number of ether oxygens (including phenoxy) is 1. The Morgan fingerprint density at radius 1 is 1.11 bits per heavy atom. The maximum atomic E-state index is 13.1. The van der Waals surface area contributed by atoms with Crippen LogP contribution < -0.4 is 3.07 Å². The van der Waals surface area contributed by atoms with E-state index in [0.29, 0.717) is 22.8 Å². The molecule has 8 nitrogen and oxygen atoms in total. The molecule has 2 fully saturated rings. The number of rotatable bonds is 12. The van der Waals surface area contributed by atoms with Crippen molar-refractivity contribution in [3.8, 4) is 5.75 Å². The predicted octanol–water partition coefficient (Wildman–Crippen LogP) is 3.64. The number of aryl methyl sites for hydroxylation is 2. The predicted molar refractivity (Wildman–Crippen MR) is 145 cm³/mol. The highest BCUT2D eigenvalue weighted by molar-refractivity contribution is 14.1. The van der Waals surface area contributed by atoms with Crippen molar-refractivity contribution < 1.29 is 21.0 Å². The summed E-state index contributed by atoms with van der Waals surface area (Å²) in [6, 6.07) is 3.42. The van der Waals surface area contributed by atoms with Crippen LogP contribution in [0.4, 0.5) is 0 Å². The first-order valence-electron chi connectivity index (χ1n) is 12.5. The zero-order valence-electron chi connectivity index (χ0n) is 21.5. The second-order valence-corrected chi connectivity index (χ2v) is 12.6. The first-order chi connectivity index (χ1) is 16.6. The Balaban J connectivity index is 1.39. The molecule has 35 heavy (non-hydrogen) atoms. The Morgan fingerprint density at radius 3 is 2.37 bits per heavy atom. The minimum absolute atomic E-state index is 0.0337. The fraction of sp³-hybridized carbons (Fsp3) is 0.720. The first-order valence-corrected chi connectivity index (χ1v) is 14.8. The molecule has 1 aliphatic carbocycles.